The fourth-order valence-electron chi connectivity index (χ4n) is 1.88. The van der Waals surface area contributed by atoms with Gasteiger partial charge >= 0.3 is 0 Å². The van der Waals surface area contributed by atoms with Gasteiger partial charge in [0, 0.05) is 16.3 Å². The van der Waals surface area contributed by atoms with Crippen LogP contribution in [0.25, 0.3) is 0 Å². The molecule has 0 aliphatic heterocycles. The van der Waals surface area contributed by atoms with Crippen LogP contribution in [0.4, 0.5) is 0 Å². The average molecular weight is 257 g/mol. The van der Waals surface area contributed by atoms with Gasteiger partial charge in [-0.15, -0.1) is 11.8 Å². The van der Waals surface area contributed by atoms with Crippen LogP contribution in [0.1, 0.15) is 30.3 Å². The monoisotopic (exact) mass is 257 g/mol. The summed E-state index contributed by atoms with van der Waals surface area (Å²) in [7, 11) is 0. The van der Waals surface area contributed by atoms with Crippen LogP contribution in [-0.2, 0) is 12.2 Å². The highest BCUT2D eigenvalue weighted by Gasteiger charge is 2.05. The molecule has 1 aromatic heterocycles. The highest BCUT2D eigenvalue weighted by molar-refractivity contribution is 7.98. The molecule has 0 bridgehead atoms. The molecule has 0 radical (unpaired) electrons. The lowest BCUT2D eigenvalue weighted by molar-refractivity contribution is 0.846. The van der Waals surface area contributed by atoms with Crippen LogP contribution < -0.4 is 0 Å². The summed E-state index contributed by atoms with van der Waals surface area (Å²) < 4.78 is 0. The maximum atomic E-state index is 4.65. The second-order valence-electron chi connectivity index (χ2n) is 4.42. The largest absolute Gasteiger partial charge is 0.257 e. The molecule has 0 aliphatic rings. The first kappa shape index (κ1) is 13.2. The molecule has 0 atom stereocenters. The third-order valence-electron chi connectivity index (χ3n) is 2.80. The first-order valence-electron chi connectivity index (χ1n) is 6.43. The van der Waals surface area contributed by atoms with E-state index in [1.54, 1.807) is 0 Å². The number of hydrogen-bond acceptors (Lipinski definition) is 2. The molecule has 2 aromatic rings. The summed E-state index contributed by atoms with van der Waals surface area (Å²) in [4.78, 5) is 5.98. The number of benzene rings is 1. The van der Waals surface area contributed by atoms with E-state index in [1.165, 1.54) is 16.2 Å². The van der Waals surface area contributed by atoms with E-state index in [9.17, 15) is 0 Å². The number of nitrogens with zero attached hydrogens (tertiary/aromatic N) is 1. The summed E-state index contributed by atoms with van der Waals surface area (Å²) in [5.41, 5.74) is 3.73. The van der Waals surface area contributed by atoms with Crippen LogP contribution in [0, 0.1) is 6.92 Å². The van der Waals surface area contributed by atoms with Gasteiger partial charge in [0.25, 0.3) is 0 Å². The van der Waals surface area contributed by atoms with Gasteiger partial charge in [0.05, 0.1) is 5.69 Å². The Morgan fingerprint density at radius 2 is 1.83 bits per heavy atom. The first-order valence-corrected chi connectivity index (χ1v) is 7.41. The SMILES string of the molecule is CCCc1nc(C)ccc1SCc1ccccc1. The topological polar surface area (TPSA) is 12.9 Å². The van der Waals surface area contributed by atoms with Crippen LogP contribution >= 0.6 is 11.8 Å². The van der Waals surface area contributed by atoms with Crippen molar-refractivity contribution in [2.75, 3.05) is 0 Å². The molecular formula is C16H19NS. The first-order chi connectivity index (χ1) is 8.79. The number of aryl methyl sites for hydroxylation is 2. The Morgan fingerprint density at radius 1 is 1.06 bits per heavy atom. The molecule has 0 unspecified atom stereocenters. The van der Waals surface area contributed by atoms with E-state index >= 15 is 0 Å². The Bertz CT molecular complexity index is 494. The molecular weight excluding hydrogens is 238 g/mol. The summed E-state index contributed by atoms with van der Waals surface area (Å²) in [5.74, 6) is 1.02. The quantitative estimate of drug-likeness (QED) is 0.724. The van der Waals surface area contributed by atoms with Gasteiger partial charge < -0.3 is 0 Å². The lowest BCUT2D eigenvalue weighted by Crippen LogP contribution is -1.95. The molecule has 0 saturated heterocycles. The molecule has 0 N–H and O–H groups in total. The minimum absolute atomic E-state index is 1.02. The van der Waals surface area contributed by atoms with Gasteiger partial charge in [-0.05, 0) is 31.0 Å². The van der Waals surface area contributed by atoms with E-state index in [-0.39, 0.29) is 0 Å². The van der Waals surface area contributed by atoms with Crippen LogP contribution in [0.15, 0.2) is 47.4 Å². The molecule has 0 amide bonds. The molecule has 1 nitrogen and oxygen atoms in total. The number of thioether (sulfide) groups is 1. The summed E-state index contributed by atoms with van der Waals surface area (Å²) in [5, 5.41) is 0. The van der Waals surface area contributed by atoms with E-state index in [0.29, 0.717) is 0 Å². The van der Waals surface area contributed by atoms with Gasteiger partial charge in [0.1, 0.15) is 0 Å². The molecule has 0 spiro atoms. The Hall–Kier alpha value is -1.28. The van der Waals surface area contributed by atoms with Gasteiger partial charge in [-0.25, -0.2) is 0 Å². The minimum Gasteiger partial charge on any atom is -0.257 e. The van der Waals surface area contributed by atoms with E-state index in [1.807, 2.05) is 11.8 Å². The predicted octanol–water partition coefficient (Wildman–Crippen LogP) is 4.63. The summed E-state index contributed by atoms with van der Waals surface area (Å²) in [6.07, 6.45) is 2.22. The molecule has 94 valence electrons. The second kappa shape index (κ2) is 6.60. The third-order valence-corrected chi connectivity index (χ3v) is 3.96. The molecule has 1 aromatic carbocycles. The Balaban J connectivity index is 2.09. The summed E-state index contributed by atoms with van der Waals surface area (Å²) in [6.45, 7) is 4.26. The Kier molecular flexibility index (Phi) is 4.82. The summed E-state index contributed by atoms with van der Waals surface area (Å²) >= 11 is 1.89. The van der Waals surface area contributed by atoms with Crippen LogP contribution in [0.3, 0.4) is 0 Å². The maximum absolute atomic E-state index is 4.65. The lowest BCUT2D eigenvalue weighted by atomic mass is 10.2. The standard InChI is InChI=1S/C16H19NS/c1-3-7-15-16(11-10-13(2)17-15)18-12-14-8-5-4-6-9-14/h4-6,8-11H,3,7,12H2,1-2H3. The number of rotatable bonds is 5. The van der Waals surface area contributed by atoms with Crippen molar-refractivity contribution in [1.82, 2.24) is 4.98 Å². The third kappa shape index (κ3) is 3.61. The Morgan fingerprint density at radius 3 is 2.56 bits per heavy atom. The lowest BCUT2D eigenvalue weighted by Gasteiger charge is -2.08. The fraction of sp³-hybridized carbons (Fsp3) is 0.312. The van der Waals surface area contributed by atoms with Crippen molar-refractivity contribution in [3.8, 4) is 0 Å². The van der Waals surface area contributed by atoms with Crippen molar-refractivity contribution in [1.29, 1.82) is 0 Å². The number of aromatic nitrogens is 1. The van der Waals surface area contributed by atoms with Gasteiger partial charge in [0.2, 0.25) is 0 Å². The minimum atomic E-state index is 1.02. The second-order valence-corrected chi connectivity index (χ2v) is 5.44. The summed E-state index contributed by atoms with van der Waals surface area (Å²) in [6, 6.07) is 14.9. The highest BCUT2D eigenvalue weighted by Crippen LogP contribution is 2.26. The van der Waals surface area contributed by atoms with Gasteiger partial charge in [-0.2, -0.15) is 0 Å². The highest BCUT2D eigenvalue weighted by atomic mass is 32.2. The van der Waals surface area contributed by atoms with Crippen molar-refractivity contribution < 1.29 is 0 Å². The van der Waals surface area contributed by atoms with Crippen molar-refractivity contribution >= 4 is 11.8 Å². The van der Waals surface area contributed by atoms with Crippen molar-refractivity contribution in [3.05, 3.63) is 59.4 Å². The zero-order chi connectivity index (χ0) is 12.8. The van der Waals surface area contributed by atoms with Gasteiger partial charge in [-0.3, -0.25) is 4.98 Å². The van der Waals surface area contributed by atoms with Crippen LogP contribution in [0.5, 0.6) is 0 Å². The number of pyridine rings is 1. The van der Waals surface area contributed by atoms with Gasteiger partial charge in [-0.1, -0.05) is 43.7 Å². The zero-order valence-electron chi connectivity index (χ0n) is 11.0. The number of hydrogen-bond donors (Lipinski definition) is 0. The average Bonchev–Trinajstić information content (AvgIpc) is 2.39. The van der Waals surface area contributed by atoms with E-state index in [4.69, 9.17) is 0 Å². The predicted molar refractivity (Wildman–Crippen MR) is 79.0 cm³/mol. The normalized spacial score (nSPS) is 10.6. The van der Waals surface area contributed by atoms with Crippen LogP contribution in [-0.4, -0.2) is 4.98 Å². The van der Waals surface area contributed by atoms with E-state index in [2.05, 4.69) is 61.3 Å². The smallest absolute Gasteiger partial charge is 0.0542 e. The van der Waals surface area contributed by atoms with E-state index in [0.717, 1.165) is 24.3 Å². The molecule has 0 fully saturated rings. The van der Waals surface area contributed by atoms with Crippen molar-refractivity contribution in [3.63, 3.8) is 0 Å². The van der Waals surface area contributed by atoms with Gasteiger partial charge in [0.15, 0.2) is 0 Å². The Labute approximate surface area is 114 Å². The van der Waals surface area contributed by atoms with Crippen molar-refractivity contribution in [2.24, 2.45) is 0 Å². The van der Waals surface area contributed by atoms with Crippen molar-refractivity contribution in [2.45, 2.75) is 37.3 Å². The molecule has 1 heterocycles. The van der Waals surface area contributed by atoms with Crippen LogP contribution in [0.2, 0.25) is 0 Å². The zero-order valence-corrected chi connectivity index (χ0v) is 11.8. The molecule has 0 saturated carbocycles. The maximum Gasteiger partial charge on any atom is 0.0542 e. The van der Waals surface area contributed by atoms with E-state index < -0.39 is 0 Å². The molecule has 0 aliphatic carbocycles. The molecule has 2 rings (SSSR count). The molecule has 18 heavy (non-hydrogen) atoms. The fourth-order valence-corrected chi connectivity index (χ4v) is 2.87. The molecule has 2 heteroatoms.